The maximum Gasteiger partial charge on any atom is 0.193 e. The Balaban J connectivity index is 1.80. The Morgan fingerprint density at radius 3 is 2.59 bits per heavy atom. The van der Waals surface area contributed by atoms with Gasteiger partial charge in [0.1, 0.15) is 0 Å². The summed E-state index contributed by atoms with van der Waals surface area (Å²) in [4.78, 5) is 7.00. The van der Waals surface area contributed by atoms with E-state index >= 15 is 0 Å². The molecular formula is C22H30N4O3. The van der Waals surface area contributed by atoms with Crippen LogP contribution in [0.15, 0.2) is 47.5 Å². The summed E-state index contributed by atoms with van der Waals surface area (Å²) in [5.41, 5.74) is 9.37. The highest BCUT2D eigenvalue weighted by Gasteiger charge is 2.23. The first kappa shape index (κ1) is 21.0. The third-order valence-corrected chi connectivity index (χ3v) is 5.00. The van der Waals surface area contributed by atoms with Gasteiger partial charge >= 0.3 is 0 Å². The lowest BCUT2D eigenvalue weighted by atomic mass is 10.0. The van der Waals surface area contributed by atoms with Crippen molar-refractivity contribution in [3.8, 4) is 11.5 Å². The second-order valence-corrected chi connectivity index (χ2v) is 7.00. The molecule has 2 aromatic rings. The van der Waals surface area contributed by atoms with E-state index in [2.05, 4.69) is 21.3 Å². The molecule has 0 aromatic heterocycles. The minimum absolute atomic E-state index is 0.0663. The molecule has 0 radical (unpaired) electrons. The molecule has 0 bridgehead atoms. The first-order valence-corrected chi connectivity index (χ1v) is 9.78. The SMILES string of the molecule is COc1ccc(C(CN=C(N)Nc2cccc(C)c2)N2CCOCC2)cc1OC. The molecule has 0 saturated carbocycles. The lowest BCUT2D eigenvalue weighted by molar-refractivity contribution is 0.0179. The molecule has 3 rings (SSSR count). The molecule has 3 N–H and O–H groups in total. The van der Waals surface area contributed by atoms with Crippen molar-refractivity contribution in [2.75, 3.05) is 52.4 Å². The maximum absolute atomic E-state index is 6.16. The Morgan fingerprint density at radius 2 is 1.90 bits per heavy atom. The van der Waals surface area contributed by atoms with Gasteiger partial charge in [0, 0.05) is 18.8 Å². The quantitative estimate of drug-likeness (QED) is 0.551. The van der Waals surface area contributed by atoms with E-state index in [-0.39, 0.29) is 6.04 Å². The molecule has 0 aliphatic carbocycles. The summed E-state index contributed by atoms with van der Waals surface area (Å²) in [6, 6.07) is 14.1. The molecule has 0 spiro atoms. The zero-order valence-electron chi connectivity index (χ0n) is 17.4. The summed E-state index contributed by atoms with van der Waals surface area (Å²) in [7, 11) is 3.28. The van der Waals surface area contributed by atoms with Crippen molar-refractivity contribution in [2.45, 2.75) is 13.0 Å². The number of morpholine rings is 1. The van der Waals surface area contributed by atoms with Crippen molar-refractivity contribution >= 4 is 11.6 Å². The fourth-order valence-electron chi connectivity index (χ4n) is 3.48. The molecule has 1 heterocycles. The van der Waals surface area contributed by atoms with Gasteiger partial charge in [-0.15, -0.1) is 0 Å². The second kappa shape index (κ2) is 10.1. The average molecular weight is 399 g/mol. The predicted octanol–water partition coefficient (Wildman–Crippen LogP) is 2.81. The number of nitrogens with two attached hydrogens (primary N) is 1. The van der Waals surface area contributed by atoms with Gasteiger partial charge in [-0.3, -0.25) is 9.89 Å². The van der Waals surface area contributed by atoms with E-state index in [0.717, 1.165) is 24.3 Å². The molecular weight excluding hydrogens is 368 g/mol. The van der Waals surface area contributed by atoms with Gasteiger partial charge in [0.05, 0.1) is 40.0 Å². The minimum Gasteiger partial charge on any atom is -0.493 e. The number of benzene rings is 2. The van der Waals surface area contributed by atoms with Gasteiger partial charge in [-0.25, -0.2) is 0 Å². The van der Waals surface area contributed by atoms with Crippen LogP contribution < -0.4 is 20.5 Å². The molecule has 156 valence electrons. The van der Waals surface area contributed by atoms with E-state index in [9.17, 15) is 0 Å². The summed E-state index contributed by atoms with van der Waals surface area (Å²) in [5, 5.41) is 3.17. The van der Waals surface area contributed by atoms with Crippen LogP contribution in [-0.2, 0) is 4.74 Å². The fraction of sp³-hybridized carbons (Fsp3) is 0.409. The molecule has 29 heavy (non-hydrogen) atoms. The number of methoxy groups -OCH3 is 2. The third-order valence-electron chi connectivity index (χ3n) is 5.00. The van der Waals surface area contributed by atoms with Crippen LogP contribution in [0.2, 0.25) is 0 Å². The monoisotopic (exact) mass is 398 g/mol. The van der Waals surface area contributed by atoms with Gasteiger partial charge in [-0.05, 0) is 42.3 Å². The maximum atomic E-state index is 6.16. The number of nitrogens with zero attached hydrogens (tertiary/aromatic N) is 2. The Hall–Kier alpha value is -2.77. The van der Waals surface area contributed by atoms with Crippen molar-refractivity contribution in [2.24, 2.45) is 10.7 Å². The van der Waals surface area contributed by atoms with Crippen molar-refractivity contribution in [1.82, 2.24) is 4.90 Å². The molecule has 1 aliphatic rings. The zero-order chi connectivity index (χ0) is 20.6. The van der Waals surface area contributed by atoms with Crippen molar-refractivity contribution in [1.29, 1.82) is 0 Å². The van der Waals surface area contributed by atoms with Crippen molar-refractivity contribution in [3.05, 3.63) is 53.6 Å². The average Bonchev–Trinajstić information content (AvgIpc) is 2.74. The van der Waals surface area contributed by atoms with Gasteiger partial charge in [-0.2, -0.15) is 0 Å². The minimum atomic E-state index is 0.0663. The largest absolute Gasteiger partial charge is 0.493 e. The number of hydrogen-bond donors (Lipinski definition) is 2. The third kappa shape index (κ3) is 5.62. The van der Waals surface area contributed by atoms with Crippen molar-refractivity contribution < 1.29 is 14.2 Å². The Morgan fingerprint density at radius 1 is 1.14 bits per heavy atom. The number of ether oxygens (including phenoxy) is 3. The highest BCUT2D eigenvalue weighted by atomic mass is 16.5. The molecule has 1 aliphatic heterocycles. The molecule has 0 amide bonds. The molecule has 7 nitrogen and oxygen atoms in total. The number of hydrogen-bond acceptors (Lipinski definition) is 5. The van der Waals surface area contributed by atoms with Gasteiger partial charge in [0.15, 0.2) is 17.5 Å². The number of nitrogens with one attached hydrogen (secondary N) is 1. The van der Waals surface area contributed by atoms with E-state index in [1.807, 2.05) is 43.3 Å². The van der Waals surface area contributed by atoms with Crippen LogP contribution in [0.5, 0.6) is 11.5 Å². The summed E-state index contributed by atoms with van der Waals surface area (Å²) in [5.74, 6) is 1.81. The van der Waals surface area contributed by atoms with Crippen LogP contribution in [0.3, 0.4) is 0 Å². The van der Waals surface area contributed by atoms with Crippen LogP contribution in [0, 0.1) is 6.92 Å². The molecule has 2 aromatic carbocycles. The van der Waals surface area contributed by atoms with Crippen LogP contribution in [0.1, 0.15) is 17.2 Å². The highest BCUT2D eigenvalue weighted by Crippen LogP contribution is 2.32. The molecule has 7 heteroatoms. The smallest absolute Gasteiger partial charge is 0.193 e. The predicted molar refractivity (Wildman–Crippen MR) is 116 cm³/mol. The standard InChI is InChI=1S/C22H30N4O3/c1-16-5-4-6-18(13-16)25-22(23)24-15-19(26-9-11-29-12-10-26)17-7-8-20(27-2)21(14-17)28-3/h4-8,13-14,19H,9-12,15H2,1-3H3,(H3,23,24,25). The lowest BCUT2D eigenvalue weighted by Crippen LogP contribution is -2.40. The van der Waals surface area contributed by atoms with Gasteiger partial charge < -0.3 is 25.3 Å². The summed E-state index contributed by atoms with van der Waals surface area (Å²) in [6.45, 7) is 5.69. The normalized spacial score (nSPS) is 16.3. The van der Waals surface area contributed by atoms with Crippen LogP contribution in [0.25, 0.3) is 0 Å². The molecule has 1 saturated heterocycles. The number of guanidine groups is 1. The molecule has 1 atom stereocenters. The fourth-order valence-corrected chi connectivity index (χ4v) is 3.48. The first-order chi connectivity index (χ1) is 14.1. The van der Waals surface area contributed by atoms with E-state index < -0.39 is 0 Å². The van der Waals surface area contributed by atoms with E-state index in [4.69, 9.17) is 19.9 Å². The Labute approximate surface area is 172 Å². The topological polar surface area (TPSA) is 81.3 Å². The lowest BCUT2D eigenvalue weighted by Gasteiger charge is -2.34. The van der Waals surface area contributed by atoms with Crippen LogP contribution >= 0.6 is 0 Å². The summed E-state index contributed by atoms with van der Waals surface area (Å²) >= 11 is 0. The second-order valence-electron chi connectivity index (χ2n) is 7.00. The highest BCUT2D eigenvalue weighted by molar-refractivity contribution is 5.92. The number of aliphatic imine (C=N–C) groups is 1. The van der Waals surface area contributed by atoms with E-state index in [1.54, 1.807) is 14.2 Å². The Bertz CT molecular complexity index is 835. The Kier molecular flexibility index (Phi) is 7.32. The van der Waals surface area contributed by atoms with Crippen molar-refractivity contribution in [3.63, 3.8) is 0 Å². The summed E-state index contributed by atoms with van der Waals surface area (Å²) in [6.07, 6.45) is 0. The zero-order valence-corrected chi connectivity index (χ0v) is 17.4. The number of anilines is 1. The van der Waals surface area contributed by atoms with Gasteiger partial charge in [0.2, 0.25) is 0 Å². The summed E-state index contributed by atoms with van der Waals surface area (Å²) < 4.78 is 16.4. The number of aryl methyl sites for hydroxylation is 1. The first-order valence-electron chi connectivity index (χ1n) is 9.78. The van der Waals surface area contributed by atoms with Gasteiger partial charge in [-0.1, -0.05) is 18.2 Å². The van der Waals surface area contributed by atoms with Gasteiger partial charge in [0.25, 0.3) is 0 Å². The van der Waals surface area contributed by atoms with E-state index in [0.29, 0.717) is 37.2 Å². The number of rotatable bonds is 7. The molecule has 1 fully saturated rings. The van der Waals surface area contributed by atoms with E-state index in [1.165, 1.54) is 5.56 Å². The van der Waals surface area contributed by atoms with Crippen LogP contribution in [-0.4, -0.2) is 57.9 Å². The molecule has 1 unspecified atom stereocenters. The van der Waals surface area contributed by atoms with Crippen LogP contribution in [0.4, 0.5) is 5.69 Å².